The van der Waals surface area contributed by atoms with Gasteiger partial charge in [-0.1, -0.05) is 18.2 Å². The van der Waals surface area contributed by atoms with E-state index in [0.29, 0.717) is 24.6 Å². The smallest absolute Gasteiger partial charge is 0.270 e. The lowest BCUT2D eigenvalue weighted by Gasteiger charge is -2.34. The number of piperidine rings is 1. The maximum absolute atomic E-state index is 13.1. The van der Waals surface area contributed by atoms with Crippen molar-refractivity contribution < 1.29 is 14.5 Å². The van der Waals surface area contributed by atoms with Crippen molar-refractivity contribution in [2.24, 2.45) is 11.7 Å². The molecule has 1 saturated heterocycles. The van der Waals surface area contributed by atoms with Gasteiger partial charge in [0.1, 0.15) is 11.5 Å². The van der Waals surface area contributed by atoms with Crippen LogP contribution >= 0.6 is 12.4 Å². The molecule has 1 aliphatic rings. The number of nitro groups is 1. The summed E-state index contributed by atoms with van der Waals surface area (Å²) in [7, 11) is 0. The van der Waals surface area contributed by atoms with E-state index >= 15 is 0 Å². The normalized spacial score (nSPS) is 17.4. The topological polar surface area (TPSA) is 98.7 Å². The summed E-state index contributed by atoms with van der Waals surface area (Å²) in [4.78, 5) is 25.5. The van der Waals surface area contributed by atoms with Crippen LogP contribution in [0.3, 0.4) is 0 Å². The van der Waals surface area contributed by atoms with E-state index < -0.39 is 4.92 Å². The number of carbonyl (C=O) groups is 1. The monoisotopic (exact) mass is 405 g/mol. The fourth-order valence-corrected chi connectivity index (χ4v) is 3.30. The molecule has 0 saturated carbocycles. The second kappa shape index (κ2) is 9.52. The first-order chi connectivity index (χ1) is 13.0. The molecule has 0 spiro atoms. The summed E-state index contributed by atoms with van der Waals surface area (Å²) in [6.45, 7) is 3.09. The Morgan fingerprint density at radius 3 is 2.64 bits per heavy atom. The van der Waals surface area contributed by atoms with Crippen LogP contribution in [0.4, 0.5) is 5.69 Å². The van der Waals surface area contributed by atoms with Crippen LogP contribution in [0.15, 0.2) is 48.5 Å². The molecule has 2 aromatic carbocycles. The van der Waals surface area contributed by atoms with E-state index in [-0.39, 0.29) is 41.5 Å². The summed E-state index contributed by atoms with van der Waals surface area (Å²) in [5.74, 6) is 0.821. The minimum Gasteiger partial charge on any atom is -0.457 e. The van der Waals surface area contributed by atoms with Crippen molar-refractivity contribution in [3.63, 3.8) is 0 Å². The molecule has 2 N–H and O–H groups in total. The van der Waals surface area contributed by atoms with E-state index in [9.17, 15) is 14.9 Å². The number of amides is 1. The summed E-state index contributed by atoms with van der Waals surface area (Å²) in [5, 5.41) is 11.2. The van der Waals surface area contributed by atoms with Gasteiger partial charge in [-0.25, -0.2) is 0 Å². The molecule has 2 unspecified atom stereocenters. The van der Waals surface area contributed by atoms with E-state index in [1.54, 1.807) is 17.0 Å². The van der Waals surface area contributed by atoms with E-state index in [1.807, 2.05) is 25.1 Å². The number of nitro benzene ring substituents is 1. The Kier molecular flexibility index (Phi) is 7.37. The van der Waals surface area contributed by atoms with Crippen molar-refractivity contribution in [1.82, 2.24) is 4.90 Å². The highest BCUT2D eigenvalue weighted by Crippen LogP contribution is 2.31. The van der Waals surface area contributed by atoms with Crippen LogP contribution in [0.25, 0.3) is 0 Å². The summed E-state index contributed by atoms with van der Waals surface area (Å²) < 4.78 is 5.84. The van der Waals surface area contributed by atoms with Crippen molar-refractivity contribution in [3.8, 4) is 11.5 Å². The van der Waals surface area contributed by atoms with Gasteiger partial charge in [0.15, 0.2) is 0 Å². The number of ether oxygens (including phenoxy) is 1. The second-order valence-corrected chi connectivity index (χ2v) is 6.87. The number of nitrogens with zero attached hydrogens (tertiary/aromatic N) is 2. The number of non-ortho nitro benzene ring substituents is 1. The Hall–Kier alpha value is -2.64. The SMILES string of the molecule is CC(N)C1CCCN(C(=O)c2cc([N+](=O)[O-])ccc2Oc2ccccc2)C1.Cl. The van der Waals surface area contributed by atoms with Gasteiger partial charge in [-0.05, 0) is 43.9 Å². The van der Waals surface area contributed by atoms with E-state index in [2.05, 4.69) is 0 Å². The van der Waals surface area contributed by atoms with E-state index in [4.69, 9.17) is 10.5 Å². The Morgan fingerprint density at radius 2 is 2.00 bits per heavy atom. The fraction of sp³-hybridized carbons (Fsp3) is 0.350. The molecular formula is C20H24ClN3O4. The predicted molar refractivity (Wildman–Crippen MR) is 109 cm³/mol. The number of carbonyl (C=O) groups excluding carboxylic acids is 1. The predicted octanol–water partition coefficient (Wildman–Crippen LogP) is 4.01. The Morgan fingerprint density at radius 1 is 1.29 bits per heavy atom. The molecule has 150 valence electrons. The van der Waals surface area contributed by atoms with Crippen molar-refractivity contribution in [3.05, 3.63) is 64.2 Å². The van der Waals surface area contributed by atoms with Crippen LogP contribution in [0.5, 0.6) is 11.5 Å². The largest absolute Gasteiger partial charge is 0.457 e. The zero-order valence-electron chi connectivity index (χ0n) is 15.6. The third kappa shape index (κ3) is 4.99. The molecule has 1 heterocycles. The molecule has 28 heavy (non-hydrogen) atoms. The maximum Gasteiger partial charge on any atom is 0.270 e. The number of benzene rings is 2. The van der Waals surface area contributed by atoms with Crippen LogP contribution < -0.4 is 10.5 Å². The van der Waals surface area contributed by atoms with Crippen molar-refractivity contribution in [2.75, 3.05) is 13.1 Å². The lowest BCUT2D eigenvalue weighted by Crippen LogP contribution is -2.45. The molecule has 2 aromatic rings. The fourth-order valence-electron chi connectivity index (χ4n) is 3.30. The highest BCUT2D eigenvalue weighted by molar-refractivity contribution is 5.97. The molecule has 1 aliphatic heterocycles. The molecule has 1 fully saturated rings. The summed E-state index contributed by atoms with van der Waals surface area (Å²) in [6, 6.07) is 13.1. The third-order valence-electron chi connectivity index (χ3n) is 4.86. The minimum atomic E-state index is -0.510. The molecule has 0 aromatic heterocycles. The molecule has 0 aliphatic carbocycles. The first-order valence-electron chi connectivity index (χ1n) is 9.02. The zero-order valence-corrected chi connectivity index (χ0v) is 16.4. The molecule has 0 radical (unpaired) electrons. The number of nitrogens with two attached hydrogens (primary N) is 1. The Labute approximate surface area is 170 Å². The van der Waals surface area contributed by atoms with Crippen LogP contribution in [0.1, 0.15) is 30.1 Å². The highest BCUT2D eigenvalue weighted by atomic mass is 35.5. The quantitative estimate of drug-likeness (QED) is 0.598. The number of para-hydroxylation sites is 1. The molecular weight excluding hydrogens is 382 g/mol. The number of hydrogen-bond donors (Lipinski definition) is 1. The number of rotatable bonds is 5. The molecule has 2 atom stereocenters. The lowest BCUT2D eigenvalue weighted by molar-refractivity contribution is -0.384. The third-order valence-corrected chi connectivity index (χ3v) is 4.86. The lowest BCUT2D eigenvalue weighted by atomic mass is 9.92. The van der Waals surface area contributed by atoms with Crippen LogP contribution in [-0.4, -0.2) is 34.9 Å². The van der Waals surface area contributed by atoms with Crippen molar-refractivity contribution in [2.45, 2.75) is 25.8 Å². The van der Waals surface area contributed by atoms with Crippen molar-refractivity contribution >= 4 is 24.0 Å². The standard InChI is InChI=1S/C20H23N3O4.ClH/c1-14(21)15-6-5-11-22(13-15)20(24)18-12-16(23(25)26)9-10-19(18)27-17-7-3-2-4-8-17;/h2-4,7-10,12,14-15H,5-6,11,13,21H2,1H3;1H. The van der Waals surface area contributed by atoms with Crippen LogP contribution in [-0.2, 0) is 0 Å². The Balaban J connectivity index is 0.00000280. The van der Waals surface area contributed by atoms with Gasteiger partial charge < -0.3 is 15.4 Å². The van der Waals surface area contributed by atoms with Gasteiger partial charge in [-0.3, -0.25) is 14.9 Å². The minimum absolute atomic E-state index is 0. The molecule has 3 rings (SSSR count). The highest BCUT2D eigenvalue weighted by Gasteiger charge is 2.29. The molecule has 1 amide bonds. The van der Waals surface area contributed by atoms with Crippen LogP contribution in [0, 0.1) is 16.0 Å². The number of hydrogen-bond acceptors (Lipinski definition) is 5. The van der Waals surface area contributed by atoms with E-state index in [0.717, 1.165) is 12.8 Å². The van der Waals surface area contributed by atoms with Gasteiger partial charge in [0, 0.05) is 31.3 Å². The zero-order chi connectivity index (χ0) is 19.4. The summed E-state index contributed by atoms with van der Waals surface area (Å²) >= 11 is 0. The number of halogens is 1. The van der Waals surface area contributed by atoms with Gasteiger partial charge in [0.2, 0.25) is 0 Å². The van der Waals surface area contributed by atoms with Gasteiger partial charge in [-0.2, -0.15) is 0 Å². The first-order valence-corrected chi connectivity index (χ1v) is 9.02. The number of likely N-dealkylation sites (tertiary alicyclic amines) is 1. The van der Waals surface area contributed by atoms with Gasteiger partial charge in [0.25, 0.3) is 11.6 Å². The molecule has 8 heteroatoms. The van der Waals surface area contributed by atoms with Crippen molar-refractivity contribution in [1.29, 1.82) is 0 Å². The molecule has 0 bridgehead atoms. The van der Waals surface area contributed by atoms with Gasteiger partial charge in [-0.15, -0.1) is 12.4 Å². The average Bonchev–Trinajstić information content (AvgIpc) is 2.68. The van der Waals surface area contributed by atoms with E-state index in [1.165, 1.54) is 18.2 Å². The molecule has 7 nitrogen and oxygen atoms in total. The van der Waals surface area contributed by atoms with Gasteiger partial charge in [0.05, 0.1) is 10.5 Å². The second-order valence-electron chi connectivity index (χ2n) is 6.87. The first kappa shape index (κ1) is 21.7. The summed E-state index contributed by atoms with van der Waals surface area (Å²) in [6.07, 6.45) is 1.84. The Bertz CT molecular complexity index is 829. The maximum atomic E-state index is 13.1. The van der Waals surface area contributed by atoms with Crippen LogP contribution in [0.2, 0.25) is 0 Å². The average molecular weight is 406 g/mol. The summed E-state index contributed by atoms with van der Waals surface area (Å²) in [5.41, 5.74) is 6.07. The van der Waals surface area contributed by atoms with Gasteiger partial charge >= 0.3 is 0 Å².